The summed E-state index contributed by atoms with van der Waals surface area (Å²) in [5, 5.41) is 6.96. The van der Waals surface area contributed by atoms with E-state index in [0.29, 0.717) is 11.3 Å². The summed E-state index contributed by atoms with van der Waals surface area (Å²) in [6, 6.07) is 12.2. The van der Waals surface area contributed by atoms with Gasteiger partial charge in [0.25, 0.3) is 11.8 Å². The molecule has 10 heteroatoms. The molecule has 0 unspecified atom stereocenters. The maximum atomic E-state index is 12.1. The van der Waals surface area contributed by atoms with E-state index >= 15 is 0 Å². The van der Waals surface area contributed by atoms with Gasteiger partial charge in [0.15, 0.2) is 0 Å². The largest absolute Gasteiger partial charge is 0.405 e. The number of carbonyl (C=O) groups excluding carboxylic acids is 3. The van der Waals surface area contributed by atoms with E-state index in [0.717, 1.165) is 4.47 Å². The highest BCUT2D eigenvalue weighted by Crippen LogP contribution is 2.14. The zero-order valence-electron chi connectivity index (χ0n) is 15.0. The second-order valence-electron chi connectivity index (χ2n) is 5.94. The second-order valence-corrected chi connectivity index (χ2v) is 6.85. The third-order valence-corrected chi connectivity index (χ3v) is 4.15. The molecule has 2 aromatic carbocycles. The Morgan fingerprint density at radius 2 is 1.34 bits per heavy atom. The number of benzene rings is 2. The fraction of sp³-hybridized carbons (Fsp3) is 0.211. The highest BCUT2D eigenvalue weighted by Gasteiger charge is 2.27. The van der Waals surface area contributed by atoms with Crippen molar-refractivity contribution in [2.75, 3.05) is 18.4 Å². The van der Waals surface area contributed by atoms with E-state index in [1.807, 2.05) is 0 Å². The SMILES string of the molecule is O=C(CCNC(=O)c1ccc(Br)cc1)Nc1ccc(C(=O)NCC(F)(F)F)cc1. The average Bonchev–Trinajstić information content (AvgIpc) is 2.66. The molecule has 0 saturated carbocycles. The summed E-state index contributed by atoms with van der Waals surface area (Å²) in [6.45, 7) is -1.30. The number of rotatable bonds is 7. The van der Waals surface area contributed by atoms with Gasteiger partial charge in [0.05, 0.1) is 0 Å². The van der Waals surface area contributed by atoms with Gasteiger partial charge in [-0.1, -0.05) is 15.9 Å². The first-order chi connectivity index (χ1) is 13.6. The van der Waals surface area contributed by atoms with E-state index in [2.05, 4.69) is 26.6 Å². The number of amides is 3. The maximum absolute atomic E-state index is 12.1. The van der Waals surface area contributed by atoms with Gasteiger partial charge in [0.1, 0.15) is 6.54 Å². The molecule has 2 rings (SSSR count). The van der Waals surface area contributed by atoms with Crippen LogP contribution in [0.1, 0.15) is 27.1 Å². The second kappa shape index (κ2) is 10.1. The normalized spacial score (nSPS) is 10.9. The number of halogens is 4. The van der Waals surface area contributed by atoms with Crippen LogP contribution in [0.5, 0.6) is 0 Å². The summed E-state index contributed by atoms with van der Waals surface area (Å²) in [5.41, 5.74) is 0.878. The number of hydrogen-bond donors (Lipinski definition) is 3. The van der Waals surface area contributed by atoms with E-state index in [-0.39, 0.29) is 30.3 Å². The molecule has 29 heavy (non-hydrogen) atoms. The fourth-order valence-corrected chi connectivity index (χ4v) is 2.47. The third-order valence-electron chi connectivity index (χ3n) is 3.62. The number of carbonyl (C=O) groups is 3. The van der Waals surface area contributed by atoms with Gasteiger partial charge in [-0.15, -0.1) is 0 Å². The van der Waals surface area contributed by atoms with E-state index < -0.39 is 18.6 Å². The number of alkyl halides is 3. The molecule has 3 N–H and O–H groups in total. The summed E-state index contributed by atoms with van der Waals surface area (Å²) >= 11 is 3.27. The van der Waals surface area contributed by atoms with Crippen LogP contribution in [-0.2, 0) is 4.79 Å². The lowest BCUT2D eigenvalue weighted by molar-refractivity contribution is -0.123. The predicted molar refractivity (Wildman–Crippen MR) is 105 cm³/mol. The molecule has 0 aliphatic rings. The molecule has 154 valence electrons. The summed E-state index contributed by atoms with van der Waals surface area (Å²) in [6.07, 6.45) is -4.47. The van der Waals surface area contributed by atoms with Crippen molar-refractivity contribution in [3.05, 3.63) is 64.1 Å². The first kappa shape index (κ1) is 22.4. The molecule has 0 aliphatic heterocycles. The van der Waals surface area contributed by atoms with Crippen molar-refractivity contribution in [1.82, 2.24) is 10.6 Å². The molecule has 0 radical (unpaired) electrons. The van der Waals surface area contributed by atoms with Crippen molar-refractivity contribution in [3.8, 4) is 0 Å². The molecule has 0 atom stereocenters. The molecule has 3 amide bonds. The van der Waals surface area contributed by atoms with Gasteiger partial charge in [-0.3, -0.25) is 14.4 Å². The molecule has 0 aliphatic carbocycles. The van der Waals surface area contributed by atoms with E-state index in [1.165, 1.54) is 24.3 Å². The van der Waals surface area contributed by atoms with Gasteiger partial charge in [0, 0.05) is 34.3 Å². The molecule has 0 aromatic heterocycles. The lowest BCUT2D eigenvalue weighted by atomic mass is 10.2. The minimum atomic E-state index is -4.49. The molecule has 0 saturated heterocycles. The molecule has 2 aromatic rings. The molecule has 0 heterocycles. The topological polar surface area (TPSA) is 87.3 Å². The van der Waals surface area contributed by atoms with Gasteiger partial charge < -0.3 is 16.0 Å². The third kappa shape index (κ3) is 7.94. The number of nitrogens with one attached hydrogen (secondary N) is 3. The van der Waals surface area contributed by atoms with Crippen molar-refractivity contribution in [2.24, 2.45) is 0 Å². The minimum absolute atomic E-state index is 0.0239. The Bertz CT molecular complexity index is 869. The van der Waals surface area contributed by atoms with Gasteiger partial charge >= 0.3 is 6.18 Å². The van der Waals surface area contributed by atoms with Crippen LogP contribution in [0.2, 0.25) is 0 Å². The molecular weight excluding hydrogens is 455 g/mol. The van der Waals surface area contributed by atoms with Crippen LogP contribution in [0.15, 0.2) is 53.0 Å². The zero-order chi connectivity index (χ0) is 21.4. The van der Waals surface area contributed by atoms with Crippen molar-refractivity contribution in [1.29, 1.82) is 0 Å². The molecule has 0 fully saturated rings. The van der Waals surface area contributed by atoms with Crippen LogP contribution in [0.4, 0.5) is 18.9 Å². The fourth-order valence-electron chi connectivity index (χ4n) is 2.20. The van der Waals surface area contributed by atoms with E-state index in [9.17, 15) is 27.6 Å². The lowest BCUT2D eigenvalue weighted by Crippen LogP contribution is -2.33. The summed E-state index contributed by atoms with van der Waals surface area (Å²) in [5.74, 6) is -1.54. The van der Waals surface area contributed by atoms with Gasteiger partial charge in [-0.2, -0.15) is 13.2 Å². The zero-order valence-corrected chi connectivity index (χ0v) is 16.6. The molecular formula is C19H17BrF3N3O3. The average molecular weight is 472 g/mol. The number of hydrogen-bond acceptors (Lipinski definition) is 3. The van der Waals surface area contributed by atoms with Crippen molar-refractivity contribution in [3.63, 3.8) is 0 Å². The van der Waals surface area contributed by atoms with E-state index in [4.69, 9.17) is 0 Å². The van der Waals surface area contributed by atoms with Gasteiger partial charge in [-0.05, 0) is 48.5 Å². The Labute approximate surface area is 173 Å². The summed E-state index contributed by atoms with van der Waals surface area (Å²) in [4.78, 5) is 35.5. The maximum Gasteiger partial charge on any atom is 0.405 e. The molecule has 6 nitrogen and oxygen atoms in total. The Morgan fingerprint density at radius 3 is 1.90 bits per heavy atom. The van der Waals surface area contributed by atoms with Gasteiger partial charge in [-0.25, -0.2) is 0 Å². The standard InChI is InChI=1S/C19H17BrF3N3O3/c20-14-5-1-12(2-6-14)17(28)24-10-9-16(27)26-15-7-3-13(4-8-15)18(29)25-11-19(21,22)23/h1-8H,9-11H2,(H,24,28)(H,25,29)(H,26,27). The monoisotopic (exact) mass is 471 g/mol. The minimum Gasteiger partial charge on any atom is -0.352 e. The van der Waals surface area contributed by atoms with Crippen LogP contribution in [0.3, 0.4) is 0 Å². The Hall–Kier alpha value is -2.88. The van der Waals surface area contributed by atoms with Crippen LogP contribution < -0.4 is 16.0 Å². The Morgan fingerprint density at radius 1 is 0.828 bits per heavy atom. The lowest BCUT2D eigenvalue weighted by Gasteiger charge is -2.09. The predicted octanol–water partition coefficient (Wildman–Crippen LogP) is 3.50. The highest BCUT2D eigenvalue weighted by molar-refractivity contribution is 9.10. The smallest absolute Gasteiger partial charge is 0.352 e. The first-order valence-corrected chi connectivity index (χ1v) is 9.22. The van der Waals surface area contributed by atoms with Crippen LogP contribution in [0.25, 0.3) is 0 Å². The van der Waals surface area contributed by atoms with Crippen molar-refractivity contribution >= 4 is 39.3 Å². The Kier molecular flexibility index (Phi) is 7.77. The number of anilines is 1. The summed E-state index contributed by atoms with van der Waals surface area (Å²) < 4.78 is 37.2. The van der Waals surface area contributed by atoms with Crippen LogP contribution in [0, 0.1) is 0 Å². The first-order valence-electron chi connectivity index (χ1n) is 8.43. The highest BCUT2D eigenvalue weighted by atomic mass is 79.9. The summed E-state index contributed by atoms with van der Waals surface area (Å²) in [7, 11) is 0. The van der Waals surface area contributed by atoms with E-state index in [1.54, 1.807) is 29.6 Å². The molecule has 0 spiro atoms. The van der Waals surface area contributed by atoms with Gasteiger partial charge in [0.2, 0.25) is 5.91 Å². The van der Waals surface area contributed by atoms with Crippen molar-refractivity contribution < 1.29 is 27.6 Å². The molecule has 0 bridgehead atoms. The Balaban J connectivity index is 1.76. The quantitative estimate of drug-likeness (QED) is 0.577. The van der Waals surface area contributed by atoms with Crippen LogP contribution in [-0.4, -0.2) is 37.0 Å². The van der Waals surface area contributed by atoms with Crippen LogP contribution >= 0.6 is 15.9 Å². The van der Waals surface area contributed by atoms with Crippen molar-refractivity contribution in [2.45, 2.75) is 12.6 Å².